The van der Waals surface area contributed by atoms with Gasteiger partial charge in [-0.3, -0.25) is 4.79 Å². The highest BCUT2D eigenvalue weighted by molar-refractivity contribution is 5.75. The predicted octanol–water partition coefficient (Wildman–Crippen LogP) is 3.79. The molecule has 1 aromatic rings. The van der Waals surface area contributed by atoms with Crippen molar-refractivity contribution in [3.05, 3.63) is 29.3 Å². The molecule has 3 aliphatic carbocycles. The quantitative estimate of drug-likeness (QED) is 0.506. The van der Waals surface area contributed by atoms with Gasteiger partial charge in [0.05, 0.1) is 12.5 Å². The standard InChI is InChI=1S/C22H28O4/c1-22-11-10-17-16-7-5-15(26-21(25)3-2-12-23)13-14(16)4-6-18(17)19(22)8-9-20(22)24/h5,7,12-13,17-20,24H,2-4,6,8-11H2,1H3. The first-order valence-electron chi connectivity index (χ1n) is 9.98. The summed E-state index contributed by atoms with van der Waals surface area (Å²) in [5.74, 6) is 2.11. The number of benzene rings is 1. The van der Waals surface area contributed by atoms with Crippen molar-refractivity contribution in [2.24, 2.45) is 17.3 Å². The molecule has 4 nitrogen and oxygen atoms in total. The van der Waals surface area contributed by atoms with Crippen molar-refractivity contribution in [3.63, 3.8) is 0 Å². The topological polar surface area (TPSA) is 63.6 Å². The molecular formula is C22H28O4. The molecule has 1 N–H and O–H groups in total. The summed E-state index contributed by atoms with van der Waals surface area (Å²) in [5, 5.41) is 10.5. The molecule has 1 aromatic carbocycles. The molecule has 0 saturated heterocycles. The number of aryl methyl sites for hydroxylation is 1. The molecule has 26 heavy (non-hydrogen) atoms. The first-order valence-corrected chi connectivity index (χ1v) is 9.98. The van der Waals surface area contributed by atoms with E-state index in [2.05, 4.69) is 13.0 Å². The third kappa shape index (κ3) is 2.88. The second-order valence-electron chi connectivity index (χ2n) is 8.59. The van der Waals surface area contributed by atoms with Gasteiger partial charge in [0.25, 0.3) is 0 Å². The van der Waals surface area contributed by atoms with Crippen LogP contribution in [-0.2, 0) is 16.0 Å². The number of carbonyl (C=O) groups is 2. The van der Waals surface area contributed by atoms with E-state index in [1.165, 1.54) is 11.1 Å². The molecule has 4 heteroatoms. The summed E-state index contributed by atoms with van der Waals surface area (Å²) in [6, 6.07) is 6.06. The van der Waals surface area contributed by atoms with E-state index in [0.29, 0.717) is 23.5 Å². The van der Waals surface area contributed by atoms with Crippen LogP contribution >= 0.6 is 0 Å². The summed E-state index contributed by atoms with van der Waals surface area (Å²) in [4.78, 5) is 22.1. The lowest BCUT2D eigenvalue weighted by Crippen LogP contribution is -2.43. The van der Waals surface area contributed by atoms with Gasteiger partial charge in [0, 0.05) is 6.42 Å². The maximum absolute atomic E-state index is 11.8. The van der Waals surface area contributed by atoms with Gasteiger partial charge in [0.15, 0.2) is 0 Å². The van der Waals surface area contributed by atoms with Gasteiger partial charge in [0.1, 0.15) is 12.0 Å². The van der Waals surface area contributed by atoms with Gasteiger partial charge >= 0.3 is 5.97 Å². The van der Waals surface area contributed by atoms with Gasteiger partial charge < -0.3 is 14.6 Å². The molecule has 0 aromatic heterocycles. The molecule has 0 aliphatic heterocycles. The van der Waals surface area contributed by atoms with Crippen LogP contribution in [-0.4, -0.2) is 23.5 Å². The minimum atomic E-state index is -0.348. The summed E-state index contributed by atoms with van der Waals surface area (Å²) in [6.07, 6.45) is 7.46. The van der Waals surface area contributed by atoms with Crippen LogP contribution in [0.15, 0.2) is 18.2 Å². The predicted molar refractivity (Wildman–Crippen MR) is 98.0 cm³/mol. The van der Waals surface area contributed by atoms with E-state index in [1.807, 2.05) is 12.1 Å². The molecule has 0 bridgehead atoms. The van der Waals surface area contributed by atoms with Crippen LogP contribution in [0.25, 0.3) is 0 Å². The largest absolute Gasteiger partial charge is 0.427 e. The Hall–Kier alpha value is -1.68. The van der Waals surface area contributed by atoms with E-state index in [9.17, 15) is 14.7 Å². The maximum Gasteiger partial charge on any atom is 0.311 e. The van der Waals surface area contributed by atoms with Crippen molar-refractivity contribution in [1.82, 2.24) is 0 Å². The Labute approximate surface area is 154 Å². The van der Waals surface area contributed by atoms with Crippen LogP contribution < -0.4 is 4.74 Å². The van der Waals surface area contributed by atoms with Crippen molar-refractivity contribution in [2.45, 2.75) is 70.3 Å². The number of esters is 1. The van der Waals surface area contributed by atoms with Gasteiger partial charge in [0.2, 0.25) is 0 Å². The molecule has 0 radical (unpaired) electrons. The Morgan fingerprint density at radius 3 is 2.96 bits per heavy atom. The normalized spacial score (nSPS) is 35.2. The fourth-order valence-electron chi connectivity index (χ4n) is 5.95. The number of fused-ring (bicyclic) bond motifs is 5. The molecule has 4 rings (SSSR count). The molecule has 5 atom stereocenters. The first kappa shape index (κ1) is 17.7. The lowest BCUT2D eigenvalue weighted by atomic mass is 9.55. The number of hydrogen-bond acceptors (Lipinski definition) is 4. The van der Waals surface area contributed by atoms with Crippen LogP contribution in [0.4, 0.5) is 0 Å². The van der Waals surface area contributed by atoms with E-state index >= 15 is 0 Å². The Kier molecular flexibility index (Phi) is 4.64. The average Bonchev–Trinajstić information content (AvgIpc) is 2.94. The molecule has 5 unspecified atom stereocenters. The van der Waals surface area contributed by atoms with E-state index < -0.39 is 0 Å². The molecule has 2 fully saturated rings. The van der Waals surface area contributed by atoms with Crippen molar-refractivity contribution in [2.75, 3.05) is 0 Å². The highest BCUT2D eigenvalue weighted by atomic mass is 16.5. The van der Waals surface area contributed by atoms with Gasteiger partial charge in [-0.2, -0.15) is 0 Å². The minimum Gasteiger partial charge on any atom is -0.427 e. The lowest BCUT2D eigenvalue weighted by Gasteiger charge is -2.50. The van der Waals surface area contributed by atoms with E-state index in [4.69, 9.17) is 4.74 Å². The number of carbonyl (C=O) groups excluding carboxylic acids is 2. The second kappa shape index (κ2) is 6.80. The van der Waals surface area contributed by atoms with E-state index in [0.717, 1.165) is 44.8 Å². The zero-order chi connectivity index (χ0) is 18.3. The number of aldehydes is 1. The molecule has 3 aliphatic rings. The van der Waals surface area contributed by atoms with Crippen LogP contribution in [0.5, 0.6) is 5.75 Å². The minimum absolute atomic E-state index is 0.104. The highest BCUT2D eigenvalue weighted by Gasteiger charge is 2.54. The van der Waals surface area contributed by atoms with Crippen LogP contribution in [0.2, 0.25) is 0 Å². The summed E-state index contributed by atoms with van der Waals surface area (Å²) in [5.41, 5.74) is 2.82. The number of rotatable bonds is 4. The zero-order valence-electron chi connectivity index (χ0n) is 15.4. The number of ether oxygens (including phenoxy) is 1. The number of hydrogen-bond donors (Lipinski definition) is 1. The van der Waals surface area contributed by atoms with Crippen LogP contribution in [0.3, 0.4) is 0 Å². The van der Waals surface area contributed by atoms with Gasteiger partial charge in [-0.1, -0.05) is 13.0 Å². The third-order valence-electron chi connectivity index (χ3n) is 7.35. The van der Waals surface area contributed by atoms with Crippen LogP contribution in [0, 0.1) is 17.3 Å². The van der Waals surface area contributed by atoms with Crippen molar-refractivity contribution >= 4 is 12.3 Å². The second-order valence-corrected chi connectivity index (χ2v) is 8.59. The lowest BCUT2D eigenvalue weighted by molar-refractivity contribution is -0.135. The molecule has 140 valence electrons. The Balaban J connectivity index is 1.52. The Morgan fingerprint density at radius 2 is 2.15 bits per heavy atom. The fourth-order valence-corrected chi connectivity index (χ4v) is 5.95. The monoisotopic (exact) mass is 356 g/mol. The maximum atomic E-state index is 11.8. The van der Waals surface area contributed by atoms with Gasteiger partial charge in [-0.15, -0.1) is 0 Å². The summed E-state index contributed by atoms with van der Waals surface area (Å²) in [7, 11) is 0. The summed E-state index contributed by atoms with van der Waals surface area (Å²) in [6.45, 7) is 2.29. The van der Waals surface area contributed by atoms with Crippen LogP contribution in [0.1, 0.15) is 68.9 Å². The fraction of sp³-hybridized carbons (Fsp3) is 0.636. The number of aliphatic hydroxyl groups excluding tert-OH is 1. The smallest absolute Gasteiger partial charge is 0.311 e. The highest BCUT2D eigenvalue weighted by Crippen LogP contribution is 2.60. The number of aliphatic hydroxyl groups is 1. The molecular weight excluding hydrogens is 328 g/mol. The summed E-state index contributed by atoms with van der Waals surface area (Å²) >= 11 is 0. The first-order chi connectivity index (χ1) is 12.5. The molecule has 0 spiro atoms. The van der Waals surface area contributed by atoms with Crippen molar-refractivity contribution < 1.29 is 19.4 Å². The SMILES string of the molecule is CC12CCC3c4ccc(OC(=O)CCC=O)cc4CCC3C1CCC2O. The van der Waals surface area contributed by atoms with E-state index in [1.54, 1.807) is 0 Å². The molecule has 2 saturated carbocycles. The van der Waals surface area contributed by atoms with Crippen molar-refractivity contribution in [1.29, 1.82) is 0 Å². The average molecular weight is 356 g/mol. The molecule has 0 heterocycles. The van der Waals surface area contributed by atoms with Crippen molar-refractivity contribution in [3.8, 4) is 5.75 Å². The van der Waals surface area contributed by atoms with E-state index in [-0.39, 0.29) is 30.3 Å². The summed E-state index contributed by atoms with van der Waals surface area (Å²) < 4.78 is 5.39. The third-order valence-corrected chi connectivity index (χ3v) is 7.35. The Morgan fingerprint density at radius 1 is 1.31 bits per heavy atom. The van der Waals surface area contributed by atoms with Gasteiger partial charge in [-0.25, -0.2) is 0 Å². The molecule has 0 amide bonds. The Bertz CT molecular complexity index is 712. The van der Waals surface area contributed by atoms with Gasteiger partial charge in [-0.05, 0) is 85.0 Å². The zero-order valence-corrected chi connectivity index (χ0v) is 15.4.